The second kappa shape index (κ2) is 3.08. The molecule has 0 atom stereocenters. The first-order chi connectivity index (χ1) is 7.57. The smallest absolute Gasteiger partial charge is 0.0843 e. The third-order valence-corrected chi connectivity index (χ3v) is 3.54. The zero-order valence-electron chi connectivity index (χ0n) is 9.75. The van der Waals surface area contributed by atoms with Gasteiger partial charge < -0.3 is 5.11 Å². The van der Waals surface area contributed by atoms with Gasteiger partial charge in [-0.2, -0.15) is 0 Å². The number of benzene rings is 2. The fraction of sp³-hybridized carbons (Fsp3) is 0.333. The summed E-state index contributed by atoms with van der Waals surface area (Å²) in [6.07, 6.45) is 2.18. The molecule has 16 heavy (non-hydrogen) atoms. The monoisotopic (exact) mass is 212 g/mol. The first kappa shape index (κ1) is 9.86. The van der Waals surface area contributed by atoms with Crippen LogP contribution in [0.5, 0.6) is 0 Å². The van der Waals surface area contributed by atoms with Crippen LogP contribution in [0.1, 0.15) is 30.5 Å². The minimum Gasteiger partial charge on any atom is -0.386 e. The molecule has 1 aliphatic carbocycles. The van der Waals surface area contributed by atoms with E-state index in [2.05, 4.69) is 30.3 Å². The maximum atomic E-state index is 10.2. The first-order valence-corrected chi connectivity index (χ1v) is 5.84. The van der Waals surface area contributed by atoms with Crippen LogP contribution in [0.15, 0.2) is 30.3 Å². The summed E-state index contributed by atoms with van der Waals surface area (Å²) >= 11 is 0. The Hall–Kier alpha value is -1.34. The highest BCUT2D eigenvalue weighted by Crippen LogP contribution is 2.36. The van der Waals surface area contributed by atoms with E-state index in [0.717, 1.165) is 18.4 Å². The lowest BCUT2D eigenvalue weighted by molar-refractivity contribution is 0.0779. The van der Waals surface area contributed by atoms with Crippen LogP contribution in [0.2, 0.25) is 0 Å². The summed E-state index contributed by atoms with van der Waals surface area (Å²) in [5.74, 6) is 0. The molecular formula is C15H16O. The Balaban J connectivity index is 2.39. The molecule has 1 heteroatoms. The van der Waals surface area contributed by atoms with Gasteiger partial charge in [0.25, 0.3) is 0 Å². The normalized spacial score (nSPS) is 14.7. The van der Waals surface area contributed by atoms with E-state index < -0.39 is 5.60 Å². The molecule has 0 saturated carbocycles. The largest absolute Gasteiger partial charge is 0.386 e. The fourth-order valence-electron chi connectivity index (χ4n) is 2.84. The molecule has 0 aromatic heterocycles. The number of hydrogen-bond acceptors (Lipinski definition) is 1. The maximum Gasteiger partial charge on any atom is 0.0843 e. The standard InChI is InChI=1S/C15H16O/c1-15(2,16)13-9-7-11-5-3-4-10-6-8-12(13)14(10)11/h3-5,7,9,16H,6,8H2,1-2H3. The van der Waals surface area contributed by atoms with Crippen molar-refractivity contribution >= 4 is 10.8 Å². The minimum absolute atomic E-state index is 0.735. The Labute approximate surface area is 95.7 Å². The summed E-state index contributed by atoms with van der Waals surface area (Å²) in [5, 5.41) is 12.9. The summed E-state index contributed by atoms with van der Waals surface area (Å²) in [7, 11) is 0. The van der Waals surface area contributed by atoms with E-state index in [-0.39, 0.29) is 0 Å². The van der Waals surface area contributed by atoms with Crippen molar-refractivity contribution in [3.05, 3.63) is 47.0 Å². The van der Waals surface area contributed by atoms with E-state index in [9.17, 15) is 5.11 Å². The molecular weight excluding hydrogens is 196 g/mol. The van der Waals surface area contributed by atoms with Crippen LogP contribution in [-0.2, 0) is 18.4 Å². The van der Waals surface area contributed by atoms with Gasteiger partial charge in [0, 0.05) is 0 Å². The van der Waals surface area contributed by atoms with Gasteiger partial charge in [-0.3, -0.25) is 0 Å². The quantitative estimate of drug-likeness (QED) is 0.769. The van der Waals surface area contributed by atoms with Gasteiger partial charge in [-0.15, -0.1) is 0 Å². The summed E-state index contributed by atoms with van der Waals surface area (Å²) in [4.78, 5) is 0. The summed E-state index contributed by atoms with van der Waals surface area (Å²) in [5.41, 5.74) is 3.13. The Morgan fingerprint density at radius 3 is 2.62 bits per heavy atom. The molecule has 1 nitrogen and oxygen atoms in total. The van der Waals surface area contributed by atoms with E-state index in [0.29, 0.717) is 0 Å². The number of aryl methyl sites for hydroxylation is 2. The van der Waals surface area contributed by atoms with Crippen LogP contribution in [0.4, 0.5) is 0 Å². The van der Waals surface area contributed by atoms with Crippen molar-refractivity contribution < 1.29 is 5.11 Å². The average molecular weight is 212 g/mol. The van der Waals surface area contributed by atoms with Gasteiger partial charge in [-0.1, -0.05) is 30.3 Å². The zero-order chi connectivity index (χ0) is 11.3. The van der Waals surface area contributed by atoms with Gasteiger partial charge in [0.2, 0.25) is 0 Å². The van der Waals surface area contributed by atoms with Gasteiger partial charge in [-0.25, -0.2) is 0 Å². The second-order valence-electron chi connectivity index (χ2n) is 5.17. The lowest BCUT2D eigenvalue weighted by atomic mass is 9.90. The second-order valence-corrected chi connectivity index (χ2v) is 5.17. The van der Waals surface area contributed by atoms with Crippen molar-refractivity contribution in [3.63, 3.8) is 0 Å². The fourth-order valence-corrected chi connectivity index (χ4v) is 2.84. The summed E-state index contributed by atoms with van der Waals surface area (Å²) < 4.78 is 0. The number of rotatable bonds is 1. The third kappa shape index (κ3) is 1.28. The number of hydrogen-bond donors (Lipinski definition) is 1. The van der Waals surface area contributed by atoms with Crippen molar-refractivity contribution in [2.45, 2.75) is 32.3 Å². The Morgan fingerprint density at radius 2 is 1.88 bits per heavy atom. The molecule has 0 amide bonds. The lowest BCUT2D eigenvalue weighted by Gasteiger charge is -2.21. The zero-order valence-corrected chi connectivity index (χ0v) is 9.75. The van der Waals surface area contributed by atoms with E-state index in [1.54, 1.807) is 0 Å². The summed E-state index contributed by atoms with van der Waals surface area (Å²) in [6.45, 7) is 3.73. The van der Waals surface area contributed by atoms with E-state index in [1.165, 1.54) is 21.9 Å². The number of aliphatic hydroxyl groups is 1. The van der Waals surface area contributed by atoms with E-state index >= 15 is 0 Å². The molecule has 1 N–H and O–H groups in total. The van der Waals surface area contributed by atoms with Crippen molar-refractivity contribution in [3.8, 4) is 0 Å². The van der Waals surface area contributed by atoms with E-state index in [1.807, 2.05) is 13.8 Å². The molecule has 82 valence electrons. The SMILES string of the molecule is CC(C)(O)c1ccc2cccc3c2c1CC3. The van der Waals surface area contributed by atoms with Crippen LogP contribution in [-0.4, -0.2) is 5.11 Å². The van der Waals surface area contributed by atoms with Gasteiger partial charge in [0.15, 0.2) is 0 Å². The average Bonchev–Trinajstić information content (AvgIpc) is 2.63. The molecule has 0 bridgehead atoms. The van der Waals surface area contributed by atoms with Gasteiger partial charge in [0.05, 0.1) is 5.60 Å². The van der Waals surface area contributed by atoms with Gasteiger partial charge in [0.1, 0.15) is 0 Å². The molecule has 0 saturated heterocycles. The molecule has 0 unspecified atom stereocenters. The highest BCUT2D eigenvalue weighted by molar-refractivity contribution is 5.91. The van der Waals surface area contributed by atoms with E-state index in [4.69, 9.17) is 0 Å². The molecule has 0 aliphatic heterocycles. The van der Waals surface area contributed by atoms with Crippen molar-refractivity contribution in [1.29, 1.82) is 0 Å². The molecule has 2 aromatic carbocycles. The summed E-state index contributed by atoms with van der Waals surface area (Å²) in [6, 6.07) is 10.7. The Kier molecular flexibility index (Phi) is 1.90. The Morgan fingerprint density at radius 1 is 1.06 bits per heavy atom. The highest BCUT2D eigenvalue weighted by atomic mass is 16.3. The minimum atomic E-state index is -0.735. The topological polar surface area (TPSA) is 20.2 Å². The van der Waals surface area contributed by atoms with Gasteiger partial charge >= 0.3 is 0 Å². The van der Waals surface area contributed by atoms with Crippen LogP contribution >= 0.6 is 0 Å². The van der Waals surface area contributed by atoms with Crippen LogP contribution < -0.4 is 0 Å². The molecule has 3 rings (SSSR count). The predicted molar refractivity (Wildman–Crippen MR) is 66.6 cm³/mol. The van der Waals surface area contributed by atoms with Crippen LogP contribution in [0, 0.1) is 0 Å². The predicted octanol–water partition coefficient (Wildman–Crippen LogP) is 3.17. The van der Waals surface area contributed by atoms with Crippen LogP contribution in [0.3, 0.4) is 0 Å². The molecule has 0 spiro atoms. The molecule has 0 heterocycles. The lowest BCUT2D eigenvalue weighted by Crippen LogP contribution is -2.17. The van der Waals surface area contributed by atoms with Crippen LogP contribution in [0.25, 0.3) is 10.8 Å². The van der Waals surface area contributed by atoms with Crippen molar-refractivity contribution in [2.75, 3.05) is 0 Å². The molecule has 1 aliphatic rings. The van der Waals surface area contributed by atoms with Crippen molar-refractivity contribution in [2.24, 2.45) is 0 Å². The highest BCUT2D eigenvalue weighted by Gasteiger charge is 2.24. The van der Waals surface area contributed by atoms with Crippen molar-refractivity contribution in [1.82, 2.24) is 0 Å². The first-order valence-electron chi connectivity index (χ1n) is 5.84. The Bertz CT molecular complexity index is 561. The molecule has 0 fully saturated rings. The third-order valence-electron chi connectivity index (χ3n) is 3.54. The molecule has 0 radical (unpaired) electrons. The van der Waals surface area contributed by atoms with Gasteiger partial charge in [-0.05, 0) is 54.2 Å². The maximum absolute atomic E-state index is 10.2. The molecule has 2 aromatic rings.